The van der Waals surface area contributed by atoms with E-state index >= 15 is 0 Å². The lowest BCUT2D eigenvalue weighted by Gasteiger charge is -2.13. The van der Waals surface area contributed by atoms with Gasteiger partial charge >= 0.3 is 41.2 Å². The number of para-hydroxylation sites is 4. The summed E-state index contributed by atoms with van der Waals surface area (Å²) in [4.78, 5) is 92.3. The van der Waals surface area contributed by atoms with Crippen LogP contribution in [0.4, 0.5) is 31.5 Å². The van der Waals surface area contributed by atoms with Crippen molar-refractivity contribution in [3.63, 3.8) is 0 Å². The second-order valence-electron chi connectivity index (χ2n) is 17.8. The van der Waals surface area contributed by atoms with Crippen molar-refractivity contribution in [3.8, 4) is 28.7 Å². The van der Waals surface area contributed by atoms with Crippen LogP contribution in [0.5, 0.6) is 28.7 Å². The van der Waals surface area contributed by atoms with Gasteiger partial charge in [0.05, 0.1) is 78.1 Å². The second-order valence-corrected chi connectivity index (χ2v) is 18.1. The number of nitro groups is 2. The number of nitrogens with two attached hydrogens (primary N) is 1. The van der Waals surface area contributed by atoms with Gasteiger partial charge in [0.15, 0.2) is 17.2 Å². The van der Waals surface area contributed by atoms with E-state index in [0.29, 0.717) is 51.9 Å². The van der Waals surface area contributed by atoms with Crippen molar-refractivity contribution >= 4 is 81.0 Å². The highest BCUT2D eigenvalue weighted by Crippen LogP contribution is 2.35. The molecule has 0 aliphatic rings. The van der Waals surface area contributed by atoms with E-state index in [9.17, 15) is 57.8 Å². The fraction of sp³-hybridized carbons (Fsp3) is 0.177. The van der Waals surface area contributed by atoms with E-state index in [1.165, 1.54) is 105 Å². The first-order valence-corrected chi connectivity index (χ1v) is 26.2. The van der Waals surface area contributed by atoms with Crippen molar-refractivity contribution in [2.75, 3.05) is 67.9 Å². The molecule has 8 aromatic rings. The Kier molecular flexibility index (Phi) is 27.3. The number of phenols is 1. The first-order valence-electron chi connectivity index (χ1n) is 25.8. The molecular weight excluding hydrogens is 1210 g/mol. The molecule has 0 fully saturated rings. The van der Waals surface area contributed by atoms with Crippen LogP contribution in [0.25, 0.3) is 10.9 Å². The van der Waals surface area contributed by atoms with Crippen LogP contribution in [0, 0.1) is 31.9 Å². The summed E-state index contributed by atoms with van der Waals surface area (Å²) >= 11 is 6.32. The molecule has 5 N–H and O–H groups in total. The number of nitrogens with one attached hydrogen (secondary N) is 1. The number of carbonyl (C=O) groups is 6. The number of hydrogen-bond acceptors (Lipinski definition) is 21. The third-order valence-electron chi connectivity index (χ3n) is 12.2. The number of aromatic carboxylic acids is 1. The highest BCUT2D eigenvalue weighted by atomic mass is 35.5. The average molecular weight is 1270 g/mol. The maximum absolute atomic E-state index is 13.0. The monoisotopic (exact) mass is 1270 g/mol. The molecular formula is C62H58ClF2N5O20. The summed E-state index contributed by atoms with van der Waals surface area (Å²) in [5.41, 5.74) is 9.01. The Morgan fingerprint density at radius 3 is 1.47 bits per heavy atom. The molecule has 0 bridgehead atoms. The lowest BCUT2D eigenvalue weighted by Crippen LogP contribution is -2.14. The van der Waals surface area contributed by atoms with Gasteiger partial charge in [0.25, 0.3) is 0 Å². The number of carboxylic acids is 1. The predicted molar refractivity (Wildman–Crippen MR) is 323 cm³/mol. The summed E-state index contributed by atoms with van der Waals surface area (Å²) in [6.45, 7) is 0. The number of methoxy groups -OCH3 is 8. The summed E-state index contributed by atoms with van der Waals surface area (Å²) < 4.78 is 64.7. The molecule has 0 atom stereocenters. The van der Waals surface area contributed by atoms with E-state index in [4.69, 9.17) is 56.0 Å². The minimum Gasteiger partial charge on any atom is -0.501 e. The first kappa shape index (κ1) is 71.0. The predicted octanol–water partition coefficient (Wildman–Crippen LogP) is 11.1. The number of aromatic hydroxyl groups is 1. The van der Waals surface area contributed by atoms with E-state index in [2.05, 4.69) is 19.8 Å². The van der Waals surface area contributed by atoms with Crippen LogP contribution < -0.4 is 30.0 Å². The molecule has 1 amide bonds. The topological polar surface area (TPSA) is 354 Å². The van der Waals surface area contributed by atoms with Crippen LogP contribution in [0.3, 0.4) is 0 Å². The molecule has 472 valence electrons. The highest BCUT2D eigenvalue weighted by Gasteiger charge is 2.24. The SMILES string of the molecule is COC(=O)c1ccc2cc(Cc3ccc(F)cc3)c(Cl)nc2c1OC.COC(=O)c1cccc(N)c1OC.COC(=O)c1cccc(NC(=O)CCc2ccc(F)cc2)c1OC.COC(=O)c1cccc([N+](=O)[O-])c1OC.O=C(O)c1cccc([N+](=O)[O-])c1O. The van der Waals surface area contributed by atoms with E-state index < -0.39 is 56.7 Å². The third-order valence-corrected chi connectivity index (χ3v) is 12.6. The fourth-order valence-electron chi connectivity index (χ4n) is 7.97. The maximum atomic E-state index is 13.0. The van der Waals surface area contributed by atoms with Crippen molar-refractivity contribution in [2.24, 2.45) is 0 Å². The maximum Gasteiger partial charge on any atom is 0.341 e. The van der Waals surface area contributed by atoms with Gasteiger partial charge in [0.2, 0.25) is 17.4 Å². The molecule has 0 saturated heterocycles. The van der Waals surface area contributed by atoms with E-state index in [1.54, 1.807) is 72.8 Å². The number of rotatable bonds is 17. The number of anilines is 2. The van der Waals surface area contributed by atoms with E-state index in [1.807, 2.05) is 6.07 Å². The van der Waals surface area contributed by atoms with Gasteiger partial charge < -0.3 is 59.2 Å². The number of benzene rings is 7. The zero-order valence-corrected chi connectivity index (χ0v) is 50.0. The second kappa shape index (κ2) is 34.6. The molecule has 1 heterocycles. The Morgan fingerprint density at radius 1 is 0.556 bits per heavy atom. The van der Waals surface area contributed by atoms with Gasteiger partial charge in [-0.25, -0.2) is 37.7 Å². The highest BCUT2D eigenvalue weighted by molar-refractivity contribution is 6.30. The number of nitro benzene ring substituents is 2. The van der Waals surface area contributed by atoms with Crippen LogP contribution in [-0.4, -0.2) is 118 Å². The number of amides is 1. The molecule has 28 heteroatoms. The van der Waals surface area contributed by atoms with Gasteiger partial charge in [-0.3, -0.25) is 25.0 Å². The molecule has 0 spiro atoms. The van der Waals surface area contributed by atoms with Crippen molar-refractivity contribution in [1.82, 2.24) is 4.98 Å². The molecule has 90 heavy (non-hydrogen) atoms. The lowest BCUT2D eigenvalue weighted by atomic mass is 10.0. The minimum atomic E-state index is -1.40. The van der Waals surface area contributed by atoms with Crippen LogP contribution in [0.15, 0.2) is 140 Å². The molecule has 0 saturated carbocycles. The number of esters is 4. The number of hydrogen-bond donors (Lipinski definition) is 4. The Balaban J connectivity index is 0.000000248. The largest absolute Gasteiger partial charge is 0.501 e. The molecule has 0 aliphatic heterocycles. The summed E-state index contributed by atoms with van der Waals surface area (Å²) in [7, 11) is 10.7. The molecule has 7 aromatic carbocycles. The number of nitrogens with zero attached hydrogens (tertiary/aromatic N) is 3. The molecule has 1 aromatic heterocycles. The standard InChI is InChI=1S/C19H15ClFNO3.C18H18FNO4.C9H9NO5.C9H11NO3.C7H5NO5/c1-24-17-15(19(23)25-2)8-5-12-10-13(18(20)22-16(12)17)9-11-3-6-14(21)7-4-11;1-23-17-14(18(22)24-2)4-3-5-15(17)20-16(21)11-8-12-6-9-13(19)10-7-12;1-14-8-6(9(11)15-2)4-3-5-7(8)10(12)13;1-12-8-6(9(11)13-2)4-3-5-7(8)10;9-6-4(7(10)11)2-1-3-5(6)8(12)13/h3-8,10H,9H2,1-2H3;3-7,9-10H,8,11H2,1-2H3,(H,20,21);3-5H,1-2H3;3-5H,10H2,1-2H3;1-3,9H,(H,10,11). The number of nitrogen functional groups attached to an aromatic ring is 1. The summed E-state index contributed by atoms with van der Waals surface area (Å²) in [5.74, 6) is -4.40. The van der Waals surface area contributed by atoms with Crippen LogP contribution in [0.1, 0.15) is 74.9 Å². The van der Waals surface area contributed by atoms with Crippen LogP contribution in [-0.2, 0) is 36.6 Å². The zero-order valence-electron chi connectivity index (χ0n) is 49.2. The van der Waals surface area contributed by atoms with Gasteiger partial charge in [0, 0.05) is 30.4 Å². The van der Waals surface area contributed by atoms with Gasteiger partial charge in [0.1, 0.15) is 50.1 Å². The smallest absolute Gasteiger partial charge is 0.341 e. The number of carboxylic acid groups (broad SMARTS) is 1. The Bertz CT molecular complexity index is 3860. The zero-order chi connectivity index (χ0) is 66.8. The Hall–Kier alpha value is -11.5. The Morgan fingerprint density at radius 2 is 0.989 bits per heavy atom. The normalized spacial score (nSPS) is 9.99. The van der Waals surface area contributed by atoms with Crippen LogP contribution >= 0.6 is 11.6 Å². The van der Waals surface area contributed by atoms with Crippen molar-refractivity contribution in [3.05, 3.63) is 221 Å². The summed E-state index contributed by atoms with van der Waals surface area (Å²) in [6, 6.07) is 34.6. The number of fused-ring (bicyclic) bond motifs is 1. The third kappa shape index (κ3) is 19.3. The van der Waals surface area contributed by atoms with E-state index in [-0.39, 0.29) is 57.8 Å². The summed E-state index contributed by atoms with van der Waals surface area (Å²) in [6.07, 6.45) is 1.21. The number of pyridine rings is 1. The lowest BCUT2D eigenvalue weighted by molar-refractivity contribution is -0.386. The van der Waals surface area contributed by atoms with Gasteiger partial charge in [-0.1, -0.05) is 66.2 Å². The van der Waals surface area contributed by atoms with Gasteiger partial charge in [-0.05, 0) is 95.9 Å². The summed E-state index contributed by atoms with van der Waals surface area (Å²) in [5, 5.41) is 42.3. The minimum absolute atomic E-state index is 0.0363. The molecule has 8 rings (SSSR count). The molecule has 0 unspecified atom stereocenters. The molecule has 0 aliphatic carbocycles. The van der Waals surface area contributed by atoms with Gasteiger partial charge in [-0.15, -0.1) is 0 Å². The molecule has 25 nitrogen and oxygen atoms in total. The number of ether oxygens (including phenoxy) is 8. The fourth-order valence-corrected chi connectivity index (χ4v) is 8.17. The Labute approximate surface area is 516 Å². The first-order chi connectivity index (χ1) is 42.9. The number of carbonyl (C=O) groups excluding carboxylic acids is 5. The van der Waals surface area contributed by atoms with E-state index in [0.717, 1.165) is 34.2 Å². The average Bonchev–Trinajstić information content (AvgIpc) is 3.04. The quantitative estimate of drug-likeness (QED) is 0.0164. The van der Waals surface area contributed by atoms with Crippen molar-refractivity contribution in [1.29, 1.82) is 0 Å². The van der Waals surface area contributed by atoms with Crippen LogP contribution in [0.2, 0.25) is 5.15 Å². The van der Waals surface area contributed by atoms with Crippen molar-refractivity contribution in [2.45, 2.75) is 19.3 Å². The number of halogens is 3. The molecule has 0 radical (unpaired) electrons. The number of aromatic nitrogens is 1. The number of aryl methyl sites for hydroxylation is 1. The van der Waals surface area contributed by atoms with Crippen molar-refractivity contribution < 1.29 is 95.5 Å². The van der Waals surface area contributed by atoms with Gasteiger partial charge in [-0.2, -0.15) is 0 Å².